The second-order valence-electron chi connectivity index (χ2n) is 8.94. The van der Waals surface area contributed by atoms with Crippen LogP contribution >= 0.6 is 0 Å². The summed E-state index contributed by atoms with van der Waals surface area (Å²) in [5.41, 5.74) is 0.0274. The molecule has 2 aromatic rings. The van der Waals surface area contributed by atoms with Gasteiger partial charge in [-0.1, -0.05) is 18.2 Å². The van der Waals surface area contributed by atoms with E-state index in [1.54, 1.807) is 20.8 Å². The molecule has 1 atom stereocenters. The van der Waals surface area contributed by atoms with Gasteiger partial charge in [0.2, 0.25) is 5.91 Å². The summed E-state index contributed by atoms with van der Waals surface area (Å²) in [7, 11) is 1.94. The first-order chi connectivity index (χ1) is 13.8. The second kappa shape index (κ2) is 8.77. The van der Waals surface area contributed by atoms with Gasteiger partial charge in [-0.2, -0.15) is 0 Å². The molecular weight excluding hydrogens is 386 g/mol. The smallest absolute Gasteiger partial charge is 0.408 e. The third-order valence-corrected chi connectivity index (χ3v) is 4.67. The number of carbonyl (C=O) groups is 3. The largest absolute Gasteiger partial charge is 0.480 e. The molecular formula is C22H31N3O5. The first-order valence-electron chi connectivity index (χ1n) is 9.88. The molecule has 2 amide bonds. The number of nitrogens with one attached hydrogen (secondary N) is 2. The van der Waals surface area contributed by atoms with E-state index in [2.05, 4.69) is 10.6 Å². The average Bonchev–Trinajstić information content (AvgIpc) is 2.92. The highest BCUT2D eigenvalue weighted by Gasteiger charge is 2.34. The summed E-state index contributed by atoms with van der Waals surface area (Å²) in [6, 6.07) is 6.79. The van der Waals surface area contributed by atoms with E-state index in [9.17, 15) is 19.5 Å². The highest BCUT2D eigenvalue weighted by Crippen LogP contribution is 2.22. The van der Waals surface area contributed by atoms with Gasteiger partial charge in [-0.05, 0) is 59.1 Å². The van der Waals surface area contributed by atoms with E-state index in [1.807, 2.05) is 42.1 Å². The number of carboxylic acids is 1. The fourth-order valence-corrected chi connectivity index (χ4v) is 3.14. The molecule has 0 aliphatic carbocycles. The third-order valence-electron chi connectivity index (χ3n) is 4.67. The molecule has 0 saturated carbocycles. The Morgan fingerprint density at radius 2 is 1.77 bits per heavy atom. The molecule has 1 unspecified atom stereocenters. The van der Waals surface area contributed by atoms with Gasteiger partial charge in [-0.15, -0.1) is 0 Å². The number of ether oxygens (including phenoxy) is 1. The van der Waals surface area contributed by atoms with Gasteiger partial charge in [0.25, 0.3) is 0 Å². The third kappa shape index (κ3) is 5.98. The molecule has 164 valence electrons. The lowest BCUT2D eigenvalue weighted by molar-refractivity contribution is -0.142. The lowest BCUT2D eigenvalue weighted by Crippen LogP contribution is -2.58. The molecule has 0 fully saturated rings. The number of hydrogen-bond donors (Lipinski definition) is 3. The maximum atomic E-state index is 12.7. The van der Waals surface area contributed by atoms with E-state index in [-0.39, 0.29) is 6.42 Å². The van der Waals surface area contributed by atoms with E-state index in [4.69, 9.17) is 4.74 Å². The van der Waals surface area contributed by atoms with Gasteiger partial charge in [-0.3, -0.25) is 4.79 Å². The normalized spacial score (nSPS) is 13.0. The summed E-state index contributed by atoms with van der Waals surface area (Å²) in [4.78, 5) is 36.4. The first-order valence-corrected chi connectivity index (χ1v) is 9.88. The van der Waals surface area contributed by atoms with Crippen LogP contribution in [0.4, 0.5) is 4.79 Å². The van der Waals surface area contributed by atoms with Crippen LogP contribution in [-0.4, -0.2) is 44.8 Å². The number of benzene rings is 1. The number of amides is 2. The summed E-state index contributed by atoms with van der Waals surface area (Å²) >= 11 is 0. The van der Waals surface area contributed by atoms with Crippen molar-refractivity contribution in [3.63, 3.8) is 0 Å². The number of carbonyl (C=O) groups excluding carboxylic acids is 2. The SMILES string of the molecule is Cn1cc(CCC(NC(=O)C(C)(C)NC(=O)OC(C)(C)C)C(=O)O)c2ccccc21. The zero-order valence-electron chi connectivity index (χ0n) is 18.4. The van der Waals surface area contributed by atoms with Gasteiger partial charge in [0.15, 0.2) is 0 Å². The Morgan fingerprint density at radius 1 is 1.13 bits per heavy atom. The predicted molar refractivity (Wildman–Crippen MR) is 114 cm³/mol. The van der Waals surface area contributed by atoms with Crippen molar-refractivity contribution in [2.45, 2.75) is 64.6 Å². The molecule has 0 bridgehead atoms. The van der Waals surface area contributed by atoms with E-state index in [0.717, 1.165) is 16.5 Å². The van der Waals surface area contributed by atoms with Crippen LogP contribution in [0.1, 0.15) is 46.6 Å². The van der Waals surface area contributed by atoms with E-state index < -0.39 is 35.2 Å². The Balaban J connectivity index is 2.04. The Morgan fingerprint density at radius 3 is 2.37 bits per heavy atom. The van der Waals surface area contributed by atoms with Crippen LogP contribution in [0.25, 0.3) is 10.9 Å². The van der Waals surface area contributed by atoms with E-state index in [1.165, 1.54) is 13.8 Å². The molecule has 8 nitrogen and oxygen atoms in total. The number of para-hydroxylation sites is 1. The second-order valence-corrected chi connectivity index (χ2v) is 8.94. The summed E-state index contributed by atoms with van der Waals surface area (Å²) in [5, 5.41) is 15.7. The zero-order valence-corrected chi connectivity index (χ0v) is 18.4. The molecule has 1 aromatic heterocycles. The number of fused-ring (bicyclic) bond motifs is 1. The Hall–Kier alpha value is -3.03. The maximum Gasteiger partial charge on any atom is 0.408 e. The fourth-order valence-electron chi connectivity index (χ4n) is 3.14. The summed E-state index contributed by atoms with van der Waals surface area (Å²) < 4.78 is 7.17. The van der Waals surface area contributed by atoms with Crippen molar-refractivity contribution in [1.29, 1.82) is 0 Å². The Kier molecular flexibility index (Phi) is 6.80. The van der Waals surface area contributed by atoms with Gasteiger partial charge in [0, 0.05) is 24.1 Å². The van der Waals surface area contributed by atoms with Crippen molar-refractivity contribution in [3.05, 3.63) is 36.0 Å². The van der Waals surface area contributed by atoms with Crippen LogP contribution in [-0.2, 0) is 27.8 Å². The van der Waals surface area contributed by atoms with Crippen molar-refractivity contribution in [2.75, 3.05) is 0 Å². The highest BCUT2D eigenvalue weighted by atomic mass is 16.6. The highest BCUT2D eigenvalue weighted by molar-refractivity contribution is 5.92. The first kappa shape index (κ1) is 23.3. The number of aryl methyl sites for hydroxylation is 2. The number of nitrogens with zero attached hydrogens (tertiary/aromatic N) is 1. The molecule has 3 N–H and O–H groups in total. The molecule has 0 aliphatic rings. The molecule has 30 heavy (non-hydrogen) atoms. The summed E-state index contributed by atoms with van der Waals surface area (Å²) in [5.74, 6) is -1.73. The van der Waals surface area contributed by atoms with E-state index in [0.29, 0.717) is 6.42 Å². The minimum absolute atomic E-state index is 0.220. The summed E-state index contributed by atoms with van der Waals surface area (Å²) in [6.45, 7) is 8.14. The lowest BCUT2D eigenvalue weighted by atomic mass is 10.0. The Bertz CT molecular complexity index is 940. The maximum absolute atomic E-state index is 12.7. The minimum atomic E-state index is -1.34. The van der Waals surface area contributed by atoms with Crippen LogP contribution < -0.4 is 10.6 Å². The minimum Gasteiger partial charge on any atom is -0.480 e. The van der Waals surface area contributed by atoms with Crippen molar-refractivity contribution in [2.24, 2.45) is 7.05 Å². The average molecular weight is 418 g/mol. The van der Waals surface area contributed by atoms with Gasteiger partial charge < -0.3 is 25.0 Å². The molecule has 0 aliphatic heterocycles. The zero-order chi connectivity index (χ0) is 22.7. The van der Waals surface area contributed by atoms with Gasteiger partial charge >= 0.3 is 12.1 Å². The predicted octanol–water partition coefficient (Wildman–Crippen LogP) is 2.98. The molecule has 0 saturated heterocycles. The van der Waals surface area contributed by atoms with Crippen molar-refractivity contribution >= 4 is 28.9 Å². The van der Waals surface area contributed by atoms with Crippen LogP contribution in [0.3, 0.4) is 0 Å². The number of rotatable bonds is 7. The molecule has 0 radical (unpaired) electrons. The van der Waals surface area contributed by atoms with Crippen LogP contribution in [0.5, 0.6) is 0 Å². The number of aliphatic carboxylic acids is 1. The standard InChI is InChI=1S/C22H31N3O5/c1-21(2,3)30-20(29)24-22(4,5)19(28)23-16(18(26)27)12-11-14-13-25(6)17-10-8-7-9-15(14)17/h7-10,13,16H,11-12H2,1-6H3,(H,23,28)(H,24,29)(H,26,27). The van der Waals surface area contributed by atoms with Crippen LogP contribution in [0.2, 0.25) is 0 Å². The summed E-state index contributed by atoms with van der Waals surface area (Å²) in [6.07, 6.45) is 1.93. The molecule has 1 aromatic carbocycles. The van der Waals surface area contributed by atoms with Gasteiger partial charge in [0.1, 0.15) is 17.2 Å². The van der Waals surface area contributed by atoms with Crippen molar-refractivity contribution in [1.82, 2.24) is 15.2 Å². The topological polar surface area (TPSA) is 110 Å². The molecule has 1 heterocycles. The van der Waals surface area contributed by atoms with Crippen LogP contribution in [0.15, 0.2) is 30.5 Å². The fraction of sp³-hybridized carbons (Fsp3) is 0.500. The molecule has 2 rings (SSSR count). The molecule has 8 heteroatoms. The molecule has 0 spiro atoms. The number of aromatic nitrogens is 1. The van der Waals surface area contributed by atoms with Crippen molar-refractivity contribution in [3.8, 4) is 0 Å². The number of carboxylic acid groups (broad SMARTS) is 1. The quantitative estimate of drug-likeness (QED) is 0.642. The number of alkyl carbamates (subject to hydrolysis) is 1. The monoisotopic (exact) mass is 417 g/mol. The van der Waals surface area contributed by atoms with Gasteiger partial charge in [-0.25, -0.2) is 9.59 Å². The van der Waals surface area contributed by atoms with Crippen molar-refractivity contribution < 1.29 is 24.2 Å². The Labute approximate surface area is 176 Å². The lowest BCUT2D eigenvalue weighted by Gasteiger charge is -2.29. The van der Waals surface area contributed by atoms with Gasteiger partial charge in [0.05, 0.1) is 0 Å². The van der Waals surface area contributed by atoms with E-state index >= 15 is 0 Å². The number of hydrogen-bond acceptors (Lipinski definition) is 4. The van der Waals surface area contributed by atoms with Crippen LogP contribution in [0, 0.1) is 0 Å².